The Labute approximate surface area is 149 Å². The molecule has 0 amide bonds. The first kappa shape index (κ1) is 15.3. The molecule has 1 aromatic heterocycles. The van der Waals surface area contributed by atoms with E-state index in [1.165, 1.54) is 44.5 Å². The van der Waals surface area contributed by atoms with Crippen molar-refractivity contribution >= 4 is 0 Å². The van der Waals surface area contributed by atoms with E-state index >= 15 is 0 Å². The van der Waals surface area contributed by atoms with Crippen LogP contribution < -0.4 is 10.1 Å². The second kappa shape index (κ2) is 6.41. The third kappa shape index (κ3) is 3.15. The number of hydrogen-bond donors (Lipinski definition) is 1. The summed E-state index contributed by atoms with van der Waals surface area (Å²) in [6.45, 7) is 3.22. The molecule has 2 saturated carbocycles. The Morgan fingerprint density at radius 2 is 1.88 bits per heavy atom. The van der Waals surface area contributed by atoms with E-state index in [9.17, 15) is 0 Å². The zero-order valence-electron chi connectivity index (χ0n) is 14.5. The molecule has 1 aliphatic heterocycles. The first-order valence-electron chi connectivity index (χ1n) is 9.64. The summed E-state index contributed by atoms with van der Waals surface area (Å²) in [6.07, 6.45) is 7.09. The van der Waals surface area contributed by atoms with Crippen molar-refractivity contribution in [1.29, 1.82) is 0 Å². The molecule has 130 valence electrons. The van der Waals surface area contributed by atoms with Crippen LogP contribution in [0.15, 0.2) is 36.5 Å². The van der Waals surface area contributed by atoms with Gasteiger partial charge in [0.25, 0.3) is 0 Å². The van der Waals surface area contributed by atoms with Crippen molar-refractivity contribution in [2.75, 3.05) is 19.7 Å². The molecule has 2 heterocycles. The van der Waals surface area contributed by atoms with E-state index in [1.807, 2.05) is 12.3 Å². The molecule has 3 unspecified atom stereocenters. The number of nitrogens with one attached hydrogen (secondary N) is 1. The Morgan fingerprint density at radius 3 is 2.72 bits per heavy atom. The molecule has 4 heteroatoms. The zero-order chi connectivity index (χ0) is 16.6. The lowest BCUT2D eigenvalue weighted by Gasteiger charge is -2.18. The summed E-state index contributed by atoms with van der Waals surface area (Å²) in [5.74, 6) is 4.84. The first-order valence-corrected chi connectivity index (χ1v) is 9.64. The number of fused-ring (bicyclic) bond motifs is 1. The van der Waals surface area contributed by atoms with E-state index in [4.69, 9.17) is 9.72 Å². The van der Waals surface area contributed by atoms with Crippen LogP contribution in [-0.4, -0.2) is 29.7 Å². The fourth-order valence-electron chi connectivity index (χ4n) is 4.49. The summed E-state index contributed by atoms with van der Waals surface area (Å²) < 4.78 is 6.09. The van der Waals surface area contributed by atoms with Crippen molar-refractivity contribution in [2.45, 2.75) is 31.6 Å². The van der Waals surface area contributed by atoms with Crippen LogP contribution in [0, 0.1) is 17.8 Å². The number of ether oxygens (including phenoxy) is 1. The summed E-state index contributed by atoms with van der Waals surface area (Å²) in [6, 6.07) is 10.3. The fraction of sp³-hybridized carbons (Fsp3) is 0.524. The zero-order valence-corrected chi connectivity index (χ0v) is 14.5. The highest BCUT2D eigenvalue weighted by Gasteiger charge is 2.39. The summed E-state index contributed by atoms with van der Waals surface area (Å²) in [4.78, 5) is 9.16. The van der Waals surface area contributed by atoms with Crippen LogP contribution in [-0.2, 0) is 0 Å². The second-order valence-electron chi connectivity index (χ2n) is 7.83. The van der Waals surface area contributed by atoms with Gasteiger partial charge in [-0.25, -0.2) is 9.97 Å². The maximum Gasteiger partial charge on any atom is 0.159 e. The van der Waals surface area contributed by atoms with Crippen LogP contribution in [0.25, 0.3) is 11.4 Å². The monoisotopic (exact) mass is 335 g/mol. The van der Waals surface area contributed by atoms with Gasteiger partial charge in [-0.1, -0.05) is 0 Å². The minimum atomic E-state index is 0.657. The van der Waals surface area contributed by atoms with Crippen molar-refractivity contribution in [3.8, 4) is 17.1 Å². The van der Waals surface area contributed by atoms with E-state index < -0.39 is 0 Å². The molecule has 25 heavy (non-hydrogen) atoms. The van der Waals surface area contributed by atoms with E-state index in [-0.39, 0.29) is 0 Å². The summed E-state index contributed by atoms with van der Waals surface area (Å²) in [5.41, 5.74) is 2.25. The van der Waals surface area contributed by atoms with Gasteiger partial charge in [-0.2, -0.15) is 0 Å². The smallest absolute Gasteiger partial charge is 0.159 e. The molecule has 1 N–H and O–H groups in total. The molecule has 3 atom stereocenters. The Hall–Kier alpha value is -1.94. The molecular formula is C21H25N3O. The Balaban J connectivity index is 1.23. The maximum absolute atomic E-state index is 6.09. The van der Waals surface area contributed by atoms with Gasteiger partial charge in [0.1, 0.15) is 5.75 Å². The third-order valence-electron chi connectivity index (χ3n) is 6.16. The van der Waals surface area contributed by atoms with Gasteiger partial charge in [-0.15, -0.1) is 0 Å². The molecule has 4 nitrogen and oxygen atoms in total. The average Bonchev–Trinajstić information content (AvgIpc) is 3.29. The molecule has 2 aliphatic carbocycles. The van der Waals surface area contributed by atoms with Crippen molar-refractivity contribution in [1.82, 2.24) is 15.3 Å². The number of benzene rings is 1. The van der Waals surface area contributed by atoms with Gasteiger partial charge in [-0.3, -0.25) is 0 Å². The van der Waals surface area contributed by atoms with Crippen LogP contribution in [0.3, 0.4) is 0 Å². The SMILES string of the molecule is c1cc(C2CC2)nc(-c2ccc(OCC3CCC4CNCC43)cc2)n1. The first-order chi connectivity index (χ1) is 12.4. The lowest BCUT2D eigenvalue weighted by atomic mass is 9.93. The van der Waals surface area contributed by atoms with Gasteiger partial charge in [0.2, 0.25) is 0 Å². The van der Waals surface area contributed by atoms with Crippen molar-refractivity contribution in [3.63, 3.8) is 0 Å². The Bertz CT molecular complexity index is 741. The molecule has 0 bridgehead atoms. The van der Waals surface area contributed by atoms with Gasteiger partial charge in [0, 0.05) is 23.4 Å². The van der Waals surface area contributed by atoms with E-state index in [0.29, 0.717) is 11.8 Å². The van der Waals surface area contributed by atoms with Gasteiger partial charge in [0.05, 0.1) is 6.61 Å². The largest absolute Gasteiger partial charge is 0.493 e. The van der Waals surface area contributed by atoms with Gasteiger partial charge in [0.15, 0.2) is 5.82 Å². The van der Waals surface area contributed by atoms with Gasteiger partial charge >= 0.3 is 0 Å². The van der Waals surface area contributed by atoms with Crippen molar-refractivity contribution < 1.29 is 4.74 Å². The van der Waals surface area contributed by atoms with Crippen LogP contribution in [0.1, 0.15) is 37.3 Å². The van der Waals surface area contributed by atoms with Crippen LogP contribution >= 0.6 is 0 Å². The second-order valence-corrected chi connectivity index (χ2v) is 7.83. The standard InChI is InChI=1S/C21H25N3O/c1-2-14(1)20-9-10-23-21(24-20)15-5-7-18(8-6-15)25-13-17-4-3-16-11-22-12-19(16)17/h5-10,14,16-17,19,22H,1-4,11-13H2. The fourth-order valence-corrected chi connectivity index (χ4v) is 4.49. The van der Waals surface area contributed by atoms with Crippen molar-refractivity contribution in [3.05, 3.63) is 42.2 Å². The minimum Gasteiger partial charge on any atom is -0.493 e. The number of aromatic nitrogens is 2. The van der Waals surface area contributed by atoms with Gasteiger partial charge < -0.3 is 10.1 Å². The quantitative estimate of drug-likeness (QED) is 0.906. The molecular weight excluding hydrogens is 310 g/mol. The molecule has 3 aliphatic rings. The highest BCUT2D eigenvalue weighted by Crippen LogP contribution is 2.40. The number of rotatable bonds is 5. The van der Waals surface area contributed by atoms with E-state index in [0.717, 1.165) is 35.6 Å². The normalized spacial score (nSPS) is 28.1. The molecule has 2 aromatic rings. The Morgan fingerprint density at radius 1 is 1.00 bits per heavy atom. The summed E-state index contributed by atoms with van der Waals surface area (Å²) in [7, 11) is 0. The number of nitrogens with zero attached hydrogens (tertiary/aromatic N) is 2. The third-order valence-corrected chi connectivity index (χ3v) is 6.16. The molecule has 1 saturated heterocycles. The molecule has 1 aromatic carbocycles. The summed E-state index contributed by atoms with van der Waals surface area (Å²) in [5, 5.41) is 3.53. The van der Waals surface area contributed by atoms with Crippen LogP contribution in [0.2, 0.25) is 0 Å². The predicted molar refractivity (Wildman–Crippen MR) is 97.5 cm³/mol. The predicted octanol–water partition coefficient (Wildman–Crippen LogP) is 3.65. The molecule has 5 rings (SSSR count). The van der Waals surface area contributed by atoms with Crippen LogP contribution in [0.4, 0.5) is 0 Å². The topological polar surface area (TPSA) is 47.0 Å². The van der Waals surface area contributed by atoms with E-state index in [1.54, 1.807) is 0 Å². The molecule has 3 fully saturated rings. The van der Waals surface area contributed by atoms with Gasteiger partial charge in [-0.05, 0) is 86.9 Å². The summed E-state index contributed by atoms with van der Waals surface area (Å²) >= 11 is 0. The lowest BCUT2D eigenvalue weighted by molar-refractivity contribution is 0.213. The molecule has 0 radical (unpaired) electrons. The maximum atomic E-state index is 6.09. The highest BCUT2D eigenvalue weighted by atomic mass is 16.5. The van der Waals surface area contributed by atoms with Crippen molar-refractivity contribution in [2.24, 2.45) is 17.8 Å². The molecule has 0 spiro atoms. The lowest BCUT2D eigenvalue weighted by Crippen LogP contribution is -2.21. The van der Waals surface area contributed by atoms with E-state index in [2.05, 4.69) is 34.6 Å². The number of hydrogen-bond acceptors (Lipinski definition) is 4. The average molecular weight is 335 g/mol. The minimum absolute atomic E-state index is 0.657. The Kier molecular flexibility index (Phi) is 3.93. The highest BCUT2D eigenvalue weighted by molar-refractivity contribution is 5.56. The van der Waals surface area contributed by atoms with Crippen LogP contribution in [0.5, 0.6) is 5.75 Å².